The Kier molecular flexibility index (Phi) is 3.25. The fourth-order valence-electron chi connectivity index (χ4n) is 6.92. The number of aliphatic hydroxyl groups excluding tert-OH is 1. The molecule has 0 radical (unpaired) electrons. The average Bonchev–Trinajstić information content (AvgIpc) is 2.85. The normalized spacial score (nSPS) is 53.7. The van der Waals surface area contributed by atoms with Crippen molar-refractivity contribution < 1.29 is 5.11 Å². The predicted molar refractivity (Wildman–Crippen MR) is 86.8 cm³/mol. The summed E-state index contributed by atoms with van der Waals surface area (Å²) in [6.07, 6.45) is 11.7. The van der Waals surface area contributed by atoms with E-state index in [0.29, 0.717) is 11.3 Å². The lowest BCUT2D eigenvalue weighted by molar-refractivity contribution is -0.116. The Morgan fingerprint density at radius 3 is 2.73 bits per heavy atom. The van der Waals surface area contributed by atoms with E-state index in [2.05, 4.69) is 26.0 Å². The lowest BCUT2D eigenvalue weighted by Crippen LogP contribution is -2.53. The highest BCUT2D eigenvalue weighted by molar-refractivity contribution is 5.32. The summed E-state index contributed by atoms with van der Waals surface area (Å²) in [5, 5.41) is 19.4. The first-order valence-corrected chi connectivity index (χ1v) is 9.26. The summed E-state index contributed by atoms with van der Waals surface area (Å²) < 4.78 is 0. The Labute approximate surface area is 134 Å². The van der Waals surface area contributed by atoms with Crippen molar-refractivity contribution >= 4 is 0 Å². The molecule has 120 valence electrons. The zero-order chi connectivity index (χ0) is 15.5. The van der Waals surface area contributed by atoms with Gasteiger partial charge in [0, 0.05) is 5.57 Å². The number of hydrogen-bond acceptors (Lipinski definition) is 2. The largest absolute Gasteiger partial charge is 0.393 e. The number of allylic oxidation sites excluding steroid dienone is 2. The molecule has 4 aliphatic rings. The highest BCUT2D eigenvalue weighted by Gasteiger charge is 2.57. The van der Waals surface area contributed by atoms with Gasteiger partial charge in [0.1, 0.15) is 0 Å². The van der Waals surface area contributed by atoms with Crippen molar-refractivity contribution in [3.8, 4) is 6.07 Å². The van der Waals surface area contributed by atoms with E-state index in [1.807, 2.05) is 0 Å². The summed E-state index contributed by atoms with van der Waals surface area (Å²) in [6.45, 7) is 4.92. The topological polar surface area (TPSA) is 44.0 Å². The lowest BCUT2D eigenvalue weighted by Gasteiger charge is -2.60. The van der Waals surface area contributed by atoms with Crippen molar-refractivity contribution in [1.29, 1.82) is 5.26 Å². The second kappa shape index (κ2) is 4.84. The number of rotatable bonds is 0. The van der Waals surface area contributed by atoms with Gasteiger partial charge in [0.15, 0.2) is 0 Å². The van der Waals surface area contributed by atoms with E-state index in [-0.39, 0.29) is 11.5 Å². The first-order chi connectivity index (χ1) is 10.5. The zero-order valence-electron chi connectivity index (χ0n) is 14.0. The molecule has 0 aromatic heterocycles. The molecule has 0 aromatic rings. The summed E-state index contributed by atoms with van der Waals surface area (Å²) in [5.41, 5.74) is 1.77. The van der Waals surface area contributed by atoms with Gasteiger partial charge in [-0.1, -0.05) is 19.9 Å². The summed E-state index contributed by atoms with van der Waals surface area (Å²) in [5.74, 6) is 3.05. The minimum atomic E-state index is -0.0539. The van der Waals surface area contributed by atoms with Gasteiger partial charge in [-0.2, -0.15) is 5.26 Å². The number of hydrogen-bond donors (Lipinski definition) is 1. The fraction of sp³-hybridized carbons (Fsp3) is 0.850. The molecule has 1 N–H and O–H groups in total. The molecule has 0 saturated heterocycles. The van der Waals surface area contributed by atoms with Gasteiger partial charge < -0.3 is 5.11 Å². The third-order valence-electron chi connectivity index (χ3n) is 8.16. The van der Waals surface area contributed by atoms with E-state index in [4.69, 9.17) is 0 Å². The minimum Gasteiger partial charge on any atom is -0.393 e. The number of nitrogens with zero attached hydrogens (tertiary/aromatic N) is 1. The fourth-order valence-corrected chi connectivity index (χ4v) is 6.92. The molecule has 7 unspecified atom stereocenters. The summed E-state index contributed by atoms with van der Waals surface area (Å²) in [6, 6.07) is 2.44. The van der Waals surface area contributed by atoms with E-state index in [9.17, 15) is 10.4 Å². The van der Waals surface area contributed by atoms with E-state index < -0.39 is 0 Å². The van der Waals surface area contributed by atoms with Crippen LogP contribution in [-0.2, 0) is 0 Å². The third kappa shape index (κ3) is 1.94. The van der Waals surface area contributed by atoms with Gasteiger partial charge in [-0.3, -0.25) is 0 Å². The molecule has 3 fully saturated rings. The van der Waals surface area contributed by atoms with Gasteiger partial charge in [0.25, 0.3) is 0 Å². The Morgan fingerprint density at radius 1 is 1.14 bits per heavy atom. The standard InChI is InChI=1S/C20H29NO/c1-19-7-6-17-16(18(19)9-13(11-19)12-21)4-3-14-10-15(22)5-8-20(14,17)2/h11,14-18,22H,3-10H2,1-2H3. The quantitative estimate of drug-likeness (QED) is 0.718. The maximum Gasteiger partial charge on any atom is 0.0944 e. The van der Waals surface area contributed by atoms with Gasteiger partial charge in [-0.05, 0) is 85.9 Å². The molecule has 4 rings (SSSR count). The number of fused-ring (bicyclic) bond motifs is 5. The van der Waals surface area contributed by atoms with Crippen LogP contribution in [0.2, 0.25) is 0 Å². The van der Waals surface area contributed by atoms with Gasteiger partial charge >= 0.3 is 0 Å². The molecule has 0 spiro atoms. The van der Waals surface area contributed by atoms with Crippen molar-refractivity contribution in [1.82, 2.24) is 0 Å². The highest BCUT2D eigenvalue weighted by atomic mass is 16.3. The second-order valence-electron chi connectivity index (χ2n) is 9.12. The predicted octanol–water partition coefficient (Wildman–Crippen LogP) is 4.45. The lowest BCUT2D eigenvalue weighted by atomic mass is 9.45. The smallest absolute Gasteiger partial charge is 0.0944 e. The third-order valence-corrected chi connectivity index (χ3v) is 8.16. The highest BCUT2D eigenvalue weighted by Crippen LogP contribution is 2.65. The maximum absolute atomic E-state index is 10.1. The van der Waals surface area contributed by atoms with Gasteiger partial charge in [-0.15, -0.1) is 0 Å². The molecule has 0 aromatic carbocycles. The van der Waals surface area contributed by atoms with Crippen molar-refractivity contribution in [2.24, 2.45) is 34.5 Å². The van der Waals surface area contributed by atoms with Crippen molar-refractivity contribution in [3.63, 3.8) is 0 Å². The minimum absolute atomic E-state index is 0.0539. The Balaban J connectivity index is 1.63. The first kappa shape index (κ1) is 14.8. The second-order valence-corrected chi connectivity index (χ2v) is 9.12. The molecule has 2 nitrogen and oxygen atoms in total. The molecule has 22 heavy (non-hydrogen) atoms. The zero-order valence-corrected chi connectivity index (χ0v) is 14.0. The van der Waals surface area contributed by atoms with Crippen LogP contribution in [0, 0.1) is 45.8 Å². The Bertz CT molecular complexity index is 546. The molecule has 0 heterocycles. The van der Waals surface area contributed by atoms with Crippen molar-refractivity contribution in [2.45, 2.75) is 71.3 Å². The monoisotopic (exact) mass is 299 g/mol. The molecule has 0 amide bonds. The maximum atomic E-state index is 10.1. The summed E-state index contributed by atoms with van der Waals surface area (Å²) in [7, 11) is 0. The molecule has 4 aliphatic carbocycles. The summed E-state index contributed by atoms with van der Waals surface area (Å²) in [4.78, 5) is 0. The molecule has 2 heteroatoms. The van der Waals surface area contributed by atoms with E-state index >= 15 is 0 Å². The van der Waals surface area contributed by atoms with Crippen LogP contribution in [-0.4, -0.2) is 11.2 Å². The van der Waals surface area contributed by atoms with Crippen LogP contribution < -0.4 is 0 Å². The summed E-state index contributed by atoms with van der Waals surface area (Å²) >= 11 is 0. The van der Waals surface area contributed by atoms with Gasteiger partial charge in [0.2, 0.25) is 0 Å². The van der Waals surface area contributed by atoms with Gasteiger partial charge in [-0.25, -0.2) is 0 Å². The molecule has 0 bridgehead atoms. The molecular formula is C20H29NO. The van der Waals surface area contributed by atoms with Gasteiger partial charge in [0.05, 0.1) is 12.2 Å². The Hall–Kier alpha value is -0.810. The van der Waals surface area contributed by atoms with E-state index in [1.165, 1.54) is 32.1 Å². The SMILES string of the molecule is CC12C=C(C#N)CC1C1CCC3CC(O)CCC3(C)C1CC2. The van der Waals surface area contributed by atoms with Crippen LogP contribution in [0.5, 0.6) is 0 Å². The molecule has 3 saturated carbocycles. The van der Waals surface area contributed by atoms with Crippen LogP contribution in [0.25, 0.3) is 0 Å². The van der Waals surface area contributed by atoms with Crippen LogP contribution >= 0.6 is 0 Å². The molecule has 0 aliphatic heterocycles. The van der Waals surface area contributed by atoms with Crippen molar-refractivity contribution in [2.75, 3.05) is 0 Å². The van der Waals surface area contributed by atoms with E-state index in [1.54, 1.807) is 0 Å². The molecular weight excluding hydrogens is 270 g/mol. The first-order valence-electron chi connectivity index (χ1n) is 9.26. The van der Waals surface area contributed by atoms with Crippen LogP contribution in [0.3, 0.4) is 0 Å². The molecule has 7 atom stereocenters. The van der Waals surface area contributed by atoms with E-state index in [0.717, 1.165) is 42.6 Å². The number of nitriles is 1. The van der Waals surface area contributed by atoms with Crippen LogP contribution in [0.1, 0.15) is 65.2 Å². The average molecular weight is 299 g/mol. The van der Waals surface area contributed by atoms with Crippen LogP contribution in [0.15, 0.2) is 11.6 Å². The Morgan fingerprint density at radius 2 is 1.95 bits per heavy atom. The van der Waals surface area contributed by atoms with Crippen LogP contribution in [0.4, 0.5) is 0 Å². The van der Waals surface area contributed by atoms with Crippen molar-refractivity contribution in [3.05, 3.63) is 11.6 Å². The number of aliphatic hydroxyl groups is 1.